The highest BCUT2D eigenvalue weighted by molar-refractivity contribution is 7.89. The fourth-order valence-electron chi connectivity index (χ4n) is 4.12. The second kappa shape index (κ2) is 9.54. The number of thiazole rings is 1. The number of amides is 1. The lowest BCUT2D eigenvalue weighted by Crippen LogP contribution is -2.40. The minimum Gasteiger partial charge on any atom is -0.467 e. The molecule has 1 amide bonds. The number of benzene rings is 2. The average Bonchev–Trinajstić information content (AvgIpc) is 3.53. The van der Waals surface area contributed by atoms with Crippen LogP contribution in [-0.4, -0.2) is 49.9 Å². The van der Waals surface area contributed by atoms with Gasteiger partial charge in [-0.2, -0.15) is 4.31 Å². The summed E-state index contributed by atoms with van der Waals surface area (Å²) in [6.07, 6.45) is 1.56. The van der Waals surface area contributed by atoms with Gasteiger partial charge in [-0.15, -0.1) is 0 Å². The number of anilines is 1. The summed E-state index contributed by atoms with van der Waals surface area (Å²) in [5.41, 5.74) is 3.40. The zero-order valence-corrected chi connectivity index (χ0v) is 21.1. The molecule has 0 unspecified atom stereocenters. The van der Waals surface area contributed by atoms with E-state index >= 15 is 0 Å². The zero-order chi connectivity index (χ0) is 24.6. The molecule has 1 saturated heterocycles. The normalized spacial score (nSPS) is 14.9. The molecule has 4 aromatic rings. The lowest BCUT2D eigenvalue weighted by Gasteiger charge is -2.26. The fourth-order valence-corrected chi connectivity index (χ4v) is 6.67. The number of fused-ring (bicyclic) bond motifs is 1. The van der Waals surface area contributed by atoms with E-state index < -0.39 is 10.0 Å². The van der Waals surface area contributed by atoms with Crippen molar-refractivity contribution in [3.05, 3.63) is 77.2 Å². The summed E-state index contributed by atoms with van der Waals surface area (Å²) >= 11 is 1.44. The second-order valence-electron chi connectivity index (χ2n) is 8.44. The number of carbonyl (C=O) groups is 1. The Morgan fingerprint density at radius 3 is 2.54 bits per heavy atom. The van der Waals surface area contributed by atoms with Crippen LogP contribution in [0.4, 0.5) is 5.13 Å². The Kier molecular flexibility index (Phi) is 6.45. The van der Waals surface area contributed by atoms with Gasteiger partial charge in [0, 0.05) is 18.7 Å². The van der Waals surface area contributed by atoms with E-state index in [9.17, 15) is 13.2 Å². The summed E-state index contributed by atoms with van der Waals surface area (Å²) in [6, 6.07) is 13.8. The largest absolute Gasteiger partial charge is 0.467 e. The number of aromatic nitrogens is 1. The molecule has 0 radical (unpaired) electrons. The van der Waals surface area contributed by atoms with Crippen molar-refractivity contribution < 1.29 is 22.4 Å². The molecule has 0 N–H and O–H groups in total. The molecule has 3 heterocycles. The second-order valence-corrected chi connectivity index (χ2v) is 11.4. The van der Waals surface area contributed by atoms with Crippen LogP contribution in [0.5, 0.6) is 0 Å². The molecule has 0 aliphatic carbocycles. The highest BCUT2D eigenvalue weighted by Crippen LogP contribution is 2.33. The van der Waals surface area contributed by atoms with Crippen molar-refractivity contribution in [2.45, 2.75) is 25.3 Å². The van der Waals surface area contributed by atoms with Gasteiger partial charge in [-0.1, -0.05) is 17.4 Å². The van der Waals surface area contributed by atoms with Crippen molar-refractivity contribution in [2.75, 3.05) is 31.2 Å². The first-order valence-electron chi connectivity index (χ1n) is 11.2. The van der Waals surface area contributed by atoms with Gasteiger partial charge in [-0.3, -0.25) is 9.69 Å². The quantitative estimate of drug-likeness (QED) is 0.382. The van der Waals surface area contributed by atoms with Crippen molar-refractivity contribution in [1.82, 2.24) is 9.29 Å². The van der Waals surface area contributed by atoms with Crippen molar-refractivity contribution in [3.63, 3.8) is 0 Å². The highest BCUT2D eigenvalue weighted by atomic mass is 32.2. The van der Waals surface area contributed by atoms with E-state index in [-0.39, 0.29) is 17.3 Å². The van der Waals surface area contributed by atoms with Crippen LogP contribution in [0.25, 0.3) is 10.2 Å². The lowest BCUT2D eigenvalue weighted by atomic mass is 10.1. The van der Waals surface area contributed by atoms with Crippen LogP contribution in [0.2, 0.25) is 0 Å². The van der Waals surface area contributed by atoms with E-state index in [0.29, 0.717) is 42.8 Å². The Morgan fingerprint density at radius 2 is 1.86 bits per heavy atom. The van der Waals surface area contributed by atoms with Crippen molar-refractivity contribution in [1.29, 1.82) is 0 Å². The smallest absolute Gasteiger partial charge is 0.260 e. The Morgan fingerprint density at radius 1 is 1.11 bits per heavy atom. The maximum Gasteiger partial charge on any atom is 0.260 e. The number of ether oxygens (including phenoxy) is 1. The van der Waals surface area contributed by atoms with Crippen LogP contribution in [-0.2, 0) is 21.3 Å². The molecule has 0 bridgehead atoms. The van der Waals surface area contributed by atoms with Crippen LogP contribution in [0.15, 0.2) is 64.1 Å². The van der Waals surface area contributed by atoms with Gasteiger partial charge in [0.15, 0.2) is 5.13 Å². The summed E-state index contributed by atoms with van der Waals surface area (Å²) < 4.78 is 39.1. The highest BCUT2D eigenvalue weighted by Gasteiger charge is 2.28. The van der Waals surface area contributed by atoms with Gasteiger partial charge in [0.2, 0.25) is 10.0 Å². The number of nitrogens with zero attached hydrogens (tertiary/aromatic N) is 3. The zero-order valence-electron chi connectivity index (χ0n) is 19.4. The first-order valence-corrected chi connectivity index (χ1v) is 13.5. The Labute approximate surface area is 207 Å². The number of carbonyl (C=O) groups excluding carboxylic acids is 1. The fraction of sp³-hybridized carbons (Fsp3) is 0.280. The maximum atomic E-state index is 13.6. The Bertz CT molecular complexity index is 1460. The predicted molar refractivity (Wildman–Crippen MR) is 134 cm³/mol. The Hall–Kier alpha value is -3.05. The summed E-state index contributed by atoms with van der Waals surface area (Å²) in [7, 11) is -3.64. The van der Waals surface area contributed by atoms with Crippen molar-refractivity contribution >= 4 is 42.6 Å². The molecule has 1 fully saturated rings. The van der Waals surface area contributed by atoms with Crippen LogP contribution in [0.1, 0.15) is 27.2 Å². The SMILES string of the molecule is Cc1cc(C)c2nc(N(Cc3ccco3)C(=O)c3ccc(S(=O)(=O)N4CCOCC4)cc3)sc2c1. The summed E-state index contributed by atoms with van der Waals surface area (Å²) in [5, 5.41) is 0.556. The molecule has 35 heavy (non-hydrogen) atoms. The number of hydrogen-bond acceptors (Lipinski definition) is 7. The van der Waals surface area contributed by atoms with E-state index in [0.717, 1.165) is 21.3 Å². The van der Waals surface area contributed by atoms with Crippen LogP contribution in [0.3, 0.4) is 0 Å². The average molecular weight is 512 g/mol. The molecule has 2 aromatic heterocycles. The summed E-state index contributed by atoms with van der Waals surface area (Å²) in [5.74, 6) is 0.335. The molecule has 8 nitrogen and oxygen atoms in total. The van der Waals surface area contributed by atoms with Gasteiger partial charge >= 0.3 is 0 Å². The van der Waals surface area contributed by atoms with Crippen LogP contribution >= 0.6 is 11.3 Å². The molecular weight excluding hydrogens is 486 g/mol. The van der Waals surface area contributed by atoms with E-state index in [1.165, 1.54) is 27.8 Å². The number of hydrogen-bond donors (Lipinski definition) is 0. The van der Waals surface area contributed by atoms with E-state index in [4.69, 9.17) is 14.1 Å². The maximum absolute atomic E-state index is 13.6. The van der Waals surface area contributed by atoms with Gasteiger partial charge in [-0.05, 0) is 67.4 Å². The molecule has 0 saturated carbocycles. The molecule has 182 valence electrons. The van der Waals surface area contributed by atoms with Crippen LogP contribution < -0.4 is 4.90 Å². The third-order valence-corrected chi connectivity index (χ3v) is 8.84. The monoisotopic (exact) mass is 511 g/mol. The first kappa shape index (κ1) is 23.7. The molecule has 1 aliphatic heterocycles. The standard InChI is InChI=1S/C25H25N3O5S2/c1-17-14-18(2)23-22(15-17)34-25(26-23)28(16-20-4-3-11-33-20)24(29)19-5-7-21(8-6-19)35(30,31)27-9-12-32-13-10-27/h3-8,11,14-15H,9-10,12-13,16H2,1-2H3. The molecular formula is C25H25N3O5S2. The number of sulfonamides is 1. The van der Waals surface area contributed by atoms with E-state index in [2.05, 4.69) is 12.1 Å². The number of rotatable bonds is 6. The number of aryl methyl sites for hydroxylation is 2. The summed E-state index contributed by atoms with van der Waals surface area (Å²) in [4.78, 5) is 20.1. The Balaban J connectivity index is 1.48. The summed E-state index contributed by atoms with van der Waals surface area (Å²) in [6.45, 7) is 5.62. The lowest BCUT2D eigenvalue weighted by molar-refractivity contribution is 0.0730. The van der Waals surface area contributed by atoms with E-state index in [1.807, 2.05) is 13.8 Å². The minimum absolute atomic E-state index is 0.152. The van der Waals surface area contributed by atoms with Gasteiger partial charge in [0.05, 0.1) is 41.1 Å². The topological polar surface area (TPSA) is 93.0 Å². The van der Waals surface area contributed by atoms with Crippen LogP contribution in [0, 0.1) is 13.8 Å². The van der Waals surface area contributed by atoms with Gasteiger partial charge in [0.1, 0.15) is 5.76 Å². The third kappa shape index (κ3) is 4.74. The van der Waals surface area contributed by atoms with Crippen molar-refractivity contribution in [2.24, 2.45) is 0 Å². The first-order chi connectivity index (χ1) is 16.8. The van der Waals surface area contributed by atoms with Gasteiger partial charge < -0.3 is 9.15 Å². The van der Waals surface area contributed by atoms with Gasteiger partial charge in [0.25, 0.3) is 5.91 Å². The molecule has 0 atom stereocenters. The molecule has 5 rings (SSSR count). The molecule has 2 aromatic carbocycles. The number of morpholine rings is 1. The van der Waals surface area contributed by atoms with Crippen molar-refractivity contribution in [3.8, 4) is 0 Å². The van der Waals surface area contributed by atoms with Gasteiger partial charge in [-0.25, -0.2) is 13.4 Å². The van der Waals surface area contributed by atoms with E-state index in [1.54, 1.807) is 35.4 Å². The molecule has 1 aliphatic rings. The molecule has 10 heteroatoms. The number of furan rings is 1. The molecule has 0 spiro atoms. The minimum atomic E-state index is -3.64. The predicted octanol–water partition coefficient (Wildman–Crippen LogP) is 4.37. The third-order valence-electron chi connectivity index (χ3n) is 5.90.